The standard InChI is InChI=1S/C26H25ClN2O4S2/c1-31-24-14-18(6-11-23(24)33-16-20-4-2-3-5-22(20)27)15-28-29-25(30)17-32-21-9-7-19(8-10-21)26-34-12-13-35-26/h2-11,14-15,26H,12-13,16-17H2,1H3,(H,29,30)/b28-15-. The normalized spacial score (nSPS) is 13.7. The number of nitrogens with zero attached hydrogens (tertiary/aromatic N) is 1. The average Bonchev–Trinajstić information content (AvgIpc) is 3.43. The van der Waals surface area contributed by atoms with Crippen LogP contribution in [0.1, 0.15) is 21.3 Å². The Labute approximate surface area is 218 Å². The fourth-order valence-electron chi connectivity index (χ4n) is 3.29. The first kappa shape index (κ1) is 25.3. The summed E-state index contributed by atoms with van der Waals surface area (Å²) in [6, 6.07) is 20.8. The summed E-state index contributed by atoms with van der Waals surface area (Å²) in [5.74, 6) is 3.80. The van der Waals surface area contributed by atoms with Crippen LogP contribution in [0.3, 0.4) is 0 Å². The predicted octanol–water partition coefficient (Wildman–Crippen LogP) is 5.94. The van der Waals surface area contributed by atoms with Crippen molar-refractivity contribution in [1.29, 1.82) is 0 Å². The van der Waals surface area contributed by atoms with Crippen LogP contribution in [0, 0.1) is 0 Å². The summed E-state index contributed by atoms with van der Waals surface area (Å²) in [6.45, 7) is 0.197. The van der Waals surface area contributed by atoms with Gasteiger partial charge in [0.05, 0.1) is 17.9 Å². The summed E-state index contributed by atoms with van der Waals surface area (Å²) in [5, 5.41) is 4.65. The van der Waals surface area contributed by atoms with Crippen LogP contribution in [0.25, 0.3) is 0 Å². The van der Waals surface area contributed by atoms with Crippen LogP contribution < -0.4 is 19.6 Å². The van der Waals surface area contributed by atoms with E-state index in [0.717, 1.165) is 11.1 Å². The second kappa shape index (κ2) is 12.8. The van der Waals surface area contributed by atoms with Crippen molar-refractivity contribution in [1.82, 2.24) is 5.43 Å². The Hall–Kier alpha value is -2.81. The Morgan fingerprint density at radius 2 is 1.83 bits per heavy atom. The molecule has 0 aliphatic carbocycles. The molecular formula is C26H25ClN2O4S2. The van der Waals surface area contributed by atoms with Gasteiger partial charge in [-0.1, -0.05) is 41.9 Å². The Kier molecular flexibility index (Phi) is 9.22. The van der Waals surface area contributed by atoms with Crippen LogP contribution in [0.4, 0.5) is 0 Å². The van der Waals surface area contributed by atoms with Crippen molar-refractivity contribution in [2.75, 3.05) is 25.2 Å². The number of hydrogen-bond acceptors (Lipinski definition) is 7. The average molecular weight is 529 g/mol. The van der Waals surface area contributed by atoms with E-state index in [0.29, 0.717) is 33.5 Å². The summed E-state index contributed by atoms with van der Waals surface area (Å²) in [5.41, 5.74) is 5.37. The lowest BCUT2D eigenvalue weighted by Gasteiger charge is -2.12. The number of hydrogen-bond donors (Lipinski definition) is 1. The van der Waals surface area contributed by atoms with Crippen molar-refractivity contribution >= 4 is 47.2 Å². The summed E-state index contributed by atoms with van der Waals surface area (Å²) in [7, 11) is 1.57. The van der Waals surface area contributed by atoms with Crippen LogP contribution in [-0.2, 0) is 11.4 Å². The largest absolute Gasteiger partial charge is 0.493 e. The van der Waals surface area contributed by atoms with Crippen molar-refractivity contribution in [3.63, 3.8) is 0 Å². The maximum absolute atomic E-state index is 12.1. The lowest BCUT2D eigenvalue weighted by molar-refractivity contribution is -0.123. The molecule has 1 aliphatic heterocycles. The quantitative estimate of drug-likeness (QED) is 0.259. The molecule has 1 fully saturated rings. The van der Waals surface area contributed by atoms with E-state index in [1.54, 1.807) is 19.2 Å². The molecule has 0 saturated carbocycles. The number of hydrazone groups is 1. The number of carbonyl (C=O) groups excluding carboxylic acids is 1. The minimum absolute atomic E-state index is 0.123. The van der Waals surface area contributed by atoms with Gasteiger partial charge in [0, 0.05) is 22.1 Å². The zero-order valence-electron chi connectivity index (χ0n) is 19.1. The zero-order chi connectivity index (χ0) is 24.5. The first-order valence-electron chi connectivity index (χ1n) is 10.9. The Morgan fingerprint density at radius 1 is 1.06 bits per heavy atom. The van der Waals surface area contributed by atoms with E-state index in [1.807, 2.05) is 66.0 Å². The number of carbonyl (C=O) groups is 1. The monoisotopic (exact) mass is 528 g/mol. The molecule has 0 atom stereocenters. The maximum Gasteiger partial charge on any atom is 0.277 e. The number of thioether (sulfide) groups is 2. The van der Waals surface area contributed by atoms with Gasteiger partial charge in [0.2, 0.25) is 0 Å². The van der Waals surface area contributed by atoms with Gasteiger partial charge < -0.3 is 14.2 Å². The number of halogens is 1. The van der Waals surface area contributed by atoms with Gasteiger partial charge in [-0.3, -0.25) is 4.79 Å². The molecule has 0 aromatic heterocycles. The van der Waals surface area contributed by atoms with Crippen molar-refractivity contribution in [3.05, 3.63) is 88.4 Å². The van der Waals surface area contributed by atoms with Gasteiger partial charge in [-0.2, -0.15) is 5.10 Å². The lowest BCUT2D eigenvalue weighted by Crippen LogP contribution is -2.24. The van der Waals surface area contributed by atoms with E-state index < -0.39 is 0 Å². The van der Waals surface area contributed by atoms with Gasteiger partial charge in [0.25, 0.3) is 5.91 Å². The van der Waals surface area contributed by atoms with E-state index in [1.165, 1.54) is 23.3 Å². The second-order valence-corrected chi connectivity index (χ2v) is 10.6. The van der Waals surface area contributed by atoms with Gasteiger partial charge in [-0.15, -0.1) is 23.5 Å². The number of benzene rings is 3. The SMILES string of the molecule is COc1cc(/C=N\NC(=O)COc2ccc(C3SCCS3)cc2)ccc1OCc1ccccc1Cl. The highest BCUT2D eigenvalue weighted by Gasteiger charge is 2.18. The number of ether oxygens (including phenoxy) is 3. The molecule has 35 heavy (non-hydrogen) atoms. The number of methoxy groups -OCH3 is 1. The molecule has 3 aromatic carbocycles. The second-order valence-electron chi connectivity index (χ2n) is 7.51. The van der Waals surface area contributed by atoms with Crippen LogP contribution >= 0.6 is 35.1 Å². The molecule has 0 radical (unpaired) electrons. The van der Waals surface area contributed by atoms with E-state index in [2.05, 4.69) is 22.7 Å². The lowest BCUT2D eigenvalue weighted by atomic mass is 10.2. The van der Waals surface area contributed by atoms with Crippen LogP contribution in [0.15, 0.2) is 71.8 Å². The van der Waals surface area contributed by atoms with Crippen molar-refractivity contribution in [2.45, 2.75) is 11.2 Å². The molecule has 1 heterocycles. The third-order valence-corrected chi connectivity index (χ3v) is 8.55. The van der Waals surface area contributed by atoms with E-state index in [-0.39, 0.29) is 12.5 Å². The van der Waals surface area contributed by atoms with Crippen LogP contribution in [0.5, 0.6) is 17.2 Å². The molecule has 6 nitrogen and oxygen atoms in total. The Balaban J connectivity index is 1.25. The maximum atomic E-state index is 12.1. The highest BCUT2D eigenvalue weighted by molar-refractivity contribution is 8.19. The molecule has 1 saturated heterocycles. The molecule has 3 aromatic rings. The van der Waals surface area contributed by atoms with Gasteiger partial charge in [-0.25, -0.2) is 5.43 Å². The van der Waals surface area contributed by atoms with Gasteiger partial charge in [-0.05, 0) is 47.5 Å². The van der Waals surface area contributed by atoms with Gasteiger partial charge >= 0.3 is 0 Å². The third kappa shape index (κ3) is 7.34. The molecule has 4 rings (SSSR count). The molecule has 1 N–H and O–H groups in total. The van der Waals surface area contributed by atoms with Crippen molar-refractivity contribution < 1.29 is 19.0 Å². The number of rotatable bonds is 10. The van der Waals surface area contributed by atoms with Crippen LogP contribution in [0.2, 0.25) is 5.02 Å². The van der Waals surface area contributed by atoms with Gasteiger partial charge in [0.15, 0.2) is 18.1 Å². The van der Waals surface area contributed by atoms with E-state index >= 15 is 0 Å². The summed E-state index contributed by atoms with van der Waals surface area (Å²) in [6.07, 6.45) is 1.53. The van der Waals surface area contributed by atoms with Gasteiger partial charge in [0.1, 0.15) is 12.4 Å². The molecule has 1 amide bonds. The Morgan fingerprint density at radius 3 is 2.57 bits per heavy atom. The first-order valence-corrected chi connectivity index (χ1v) is 13.4. The molecule has 0 unspecified atom stereocenters. The van der Waals surface area contributed by atoms with E-state index in [4.69, 9.17) is 25.8 Å². The number of amides is 1. The predicted molar refractivity (Wildman–Crippen MR) is 144 cm³/mol. The topological polar surface area (TPSA) is 69.2 Å². The highest BCUT2D eigenvalue weighted by atomic mass is 35.5. The summed E-state index contributed by atoms with van der Waals surface area (Å²) in [4.78, 5) is 12.1. The fraction of sp³-hybridized carbons (Fsp3) is 0.231. The number of nitrogens with one attached hydrogen (secondary N) is 1. The molecule has 0 bridgehead atoms. The molecule has 182 valence electrons. The zero-order valence-corrected chi connectivity index (χ0v) is 21.5. The summed E-state index contributed by atoms with van der Waals surface area (Å²) < 4.78 is 17.3. The smallest absolute Gasteiger partial charge is 0.277 e. The highest BCUT2D eigenvalue weighted by Crippen LogP contribution is 2.45. The third-order valence-electron chi connectivity index (χ3n) is 5.08. The molecule has 1 aliphatic rings. The summed E-state index contributed by atoms with van der Waals surface area (Å²) >= 11 is 10.1. The van der Waals surface area contributed by atoms with E-state index in [9.17, 15) is 4.79 Å². The Bertz CT molecular complexity index is 1170. The fourth-order valence-corrected chi connectivity index (χ4v) is 6.34. The minimum Gasteiger partial charge on any atom is -0.493 e. The molecular weight excluding hydrogens is 504 g/mol. The van der Waals surface area contributed by atoms with Crippen LogP contribution in [-0.4, -0.2) is 37.3 Å². The minimum atomic E-state index is -0.348. The molecule has 0 spiro atoms. The van der Waals surface area contributed by atoms with Crippen molar-refractivity contribution in [3.8, 4) is 17.2 Å². The molecule has 9 heteroatoms. The first-order chi connectivity index (χ1) is 17.1. The van der Waals surface area contributed by atoms with Crippen molar-refractivity contribution in [2.24, 2.45) is 5.10 Å².